The lowest BCUT2D eigenvalue weighted by Gasteiger charge is -2.17. The minimum atomic E-state index is -0.486. The van der Waals surface area contributed by atoms with Crippen molar-refractivity contribution in [3.63, 3.8) is 0 Å². The molecule has 2 N–H and O–H groups in total. The SMILES string of the molecule is CN(CC(=O)NCc1cccc(NC(=O)c2cccc(F)c2)c1)C(=O)c1ccccc1. The minimum Gasteiger partial charge on any atom is -0.350 e. The first-order valence-corrected chi connectivity index (χ1v) is 9.65. The van der Waals surface area contributed by atoms with Gasteiger partial charge < -0.3 is 15.5 Å². The van der Waals surface area contributed by atoms with Crippen molar-refractivity contribution in [2.45, 2.75) is 6.54 Å². The Bertz CT molecular complexity index is 1090. The molecule has 0 aliphatic rings. The van der Waals surface area contributed by atoms with Crippen molar-refractivity contribution in [1.82, 2.24) is 10.2 Å². The smallest absolute Gasteiger partial charge is 0.255 e. The van der Waals surface area contributed by atoms with E-state index in [0.29, 0.717) is 11.3 Å². The van der Waals surface area contributed by atoms with Gasteiger partial charge in [-0.05, 0) is 48.0 Å². The molecule has 0 atom stereocenters. The summed E-state index contributed by atoms with van der Waals surface area (Å²) in [5.41, 5.74) is 2.02. The monoisotopic (exact) mass is 419 g/mol. The number of nitrogens with zero attached hydrogens (tertiary/aromatic N) is 1. The van der Waals surface area contributed by atoms with Crippen LogP contribution in [0.2, 0.25) is 0 Å². The van der Waals surface area contributed by atoms with Crippen molar-refractivity contribution in [2.75, 3.05) is 18.9 Å². The van der Waals surface area contributed by atoms with Crippen LogP contribution < -0.4 is 10.6 Å². The van der Waals surface area contributed by atoms with Crippen molar-refractivity contribution in [2.24, 2.45) is 0 Å². The summed E-state index contributed by atoms with van der Waals surface area (Å²) >= 11 is 0. The number of hydrogen-bond donors (Lipinski definition) is 2. The maximum absolute atomic E-state index is 13.3. The summed E-state index contributed by atoms with van der Waals surface area (Å²) in [5.74, 6) is -1.46. The number of amides is 3. The molecule has 0 saturated heterocycles. The first kappa shape index (κ1) is 21.7. The third-order valence-corrected chi connectivity index (χ3v) is 4.51. The Labute approximate surface area is 179 Å². The lowest BCUT2D eigenvalue weighted by Crippen LogP contribution is -2.38. The number of anilines is 1. The number of likely N-dealkylation sites (N-methyl/N-ethyl adjacent to an activating group) is 1. The fourth-order valence-electron chi connectivity index (χ4n) is 2.94. The zero-order valence-electron chi connectivity index (χ0n) is 17.0. The Morgan fingerprint density at radius 1 is 0.871 bits per heavy atom. The first-order valence-electron chi connectivity index (χ1n) is 9.65. The summed E-state index contributed by atoms with van der Waals surface area (Å²) in [6.45, 7) is 0.152. The number of rotatable bonds is 7. The van der Waals surface area contributed by atoms with E-state index in [4.69, 9.17) is 0 Å². The van der Waals surface area contributed by atoms with Gasteiger partial charge in [-0.2, -0.15) is 0 Å². The van der Waals surface area contributed by atoms with Gasteiger partial charge >= 0.3 is 0 Å². The summed E-state index contributed by atoms with van der Waals surface area (Å²) < 4.78 is 13.3. The van der Waals surface area contributed by atoms with Gasteiger partial charge in [-0.3, -0.25) is 14.4 Å². The van der Waals surface area contributed by atoms with Crippen molar-refractivity contribution < 1.29 is 18.8 Å². The molecule has 0 aromatic heterocycles. The van der Waals surface area contributed by atoms with Crippen LogP contribution in [0.5, 0.6) is 0 Å². The molecular weight excluding hydrogens is 397 g/mol. The van der Waals surface area contributed by atoms with Crippen LogP contribution in [-0.2, 0) is 11.3 Å². The first-order chi connectivity index (χ1) is 14.9. The third-order valence-electron chi connectivity index (χ3n) is 4.51. The minimum absolute atomic E-state index is 0.0796. The molecule has 31 heavy (non-hydrogen) atoms. The average molecular weight is 419 g/mol. The number of benzene rings is 3. The number of hydrogen-bond acceptors (Lipinski definition) is 3. The number of nitrogens with one attached hydrogen (secondary N) is 2. The molecule has 6 nitrogen and oxygen atoms in total. The van der Waals surface area contributed by atoms with Crippen LogP contribution in [0.3, 0.4) is 0 Å². The maximum Gasteiger partial charge on any atom is 0.255 e. The Balaban J connectivity index is 1.53. The van der Waals surface area contributed by atoms with Gasteiger partial charge in [0.2, 0.25) is 5.91 Å². The van der Waals surface area contributed by atoms with E-state index in [1.54, 1.807) is 55.6 Å². The highest BCUT2D eigenvalue weighted by atomic mass is 19.1. The number of halogens is 1. The van der Waals surface area contributed by atoms with Gasteiger partial charge in [0.15, 0.2) is 0 Å². The third kappa shape index (κ3) is 6.24. The van der Waals surface area contributed by atoms with Crippen LogP contribution in [-0.4, -0.2) is 36.2 Å². The van der Waals surface area contributed by atoms with Crippen LogP contribution in [0.15, 0.2) is 78.9 Å². The molecular formula is C24H22FN3O3. The van der Waals surface area contributed by atoms with Gasteiger partial charge in [-0.15, -0.1) is 0 Å². The molecule has 0 aliphatic carbocycles. The second-order valence-corrected chi connectivity index (χ2v) is 6.97. The van der Waals surface area contributed by atoms with E-state index in [9.17, 15) is 18.8 Å². The van der Waals surface area contributed by atoms with Crippen molar-refractivity contribution in [1.29, 1.82) is 0 Å². The molecule has 3 amide bonds. The topological polar surface area (TPSA) is 78.5 Å². The van der Waals surface area contributed by atoms with Gasteiger partial charge in [0.25, 0.3) is 11.8 Å². The number of carbonyl (C=O) groups is 3. The van der Waals surface area contributed by atoms with E-state index >= 15 is 0 Å². The fraction of sp³-hybridized carbons (Fsp3) is 0.125. The van der Waals surface area contributed by atoms with Gasteiger partial charge in [0, 0.05) is 30.4 Å². The van der Waals surface area contributed by atoms with Crippen LogP contribution in [0.25, 0.3) is 0 Å². The highest BCUT2D eigenvalue weighted by Gasteiger charge is 2.14. The molecule has 0 aliphatic heterocycles. The van der Waals surface area contributed by atoms with E-state index in [1.165, 1.54) is 23.1 Å². The normalized spacial score (nSPS) is 10.3. The van der Waals surface area contributed by atoms with Gasteiger partial charge in [0.1, 0.15) is 5.82 Å². The Hall–Kier alpha value is -4.00. The summed E-state index contributed by atoms with van der Waals surface area (Å²) in [4.78, 5) is 38.2. The Morgan fingerprint density at radius 3 is 2.32 bits per heavy atom. The van der Waals surface area contributed by atoms with Crippen molar-refractivity contribution in [3.8, 4) is 0 Å². The average Bonchev–Trinajstić information content (AvgIpc) is 2.78. The van der Waals surface area contributed by atoms with Crippen LogP contribution in [0.1, 0.15) is 26.3 Å². The molecule has 0 heterocycles. The second kappa shape index (κ2) is 10.2. The molecule has 0 unspecified atom stereocenters. The molecule has 0 saturated carbocycles. The predicted octanol–water partition coefficient (Wildman–Crippen LogP) is 3.47. The molecule has 158 valence electrons. The molecule has 0 radical (unpaired) electrons. The van der Waals surface area contributed by atoms with E-state index in [-0.39, 0.29) is 30.5 Å². The summed E-state index contributed by atoms with van der Waals surface area (Å²) in [5, 5.41) is 5.47. The van der Waals surface area contributed by atoms with Gasteiger partial charge in [-0.1, -0.05) is 36.4 Å². The molecule has 7 heteroatoms. The van der Waals surface area contributed by atoms with E-state index in [0.717, 1.165) is 11.6 Å². The zero-order valence-corrected chi connectivity index (χ0v) is 17.0. The molecule has 0 bridgehead atoms. The molecule has 0 fully saturated rings. The predicted molar refractivity (Wildman–Crippen MR) is 116 cm³/mol. The molecule has 3 aromatic rings. The van der Waals surface area contributed by atoms with E-state index in [1.807, 2.05) is 6.07 Å². The maximum atomic E-state index is 13.3. The molecule has 3 rings (SSSR count). The van der Waals surface area contributed by atoms with Crippen LogP contribution in [0, 0.1) is 5.82 Å². The lowest BCUT2D eigenvalue weighted by molar-refractivity contribution is -0.121. The van der Waals surface area contributed by atoms with Crippen molar-refractivity contribution in [3.05, 3.63) is 101 Å². The zero-order chi connectivity index (χ0) is 22.2. The summed E-state index contributed by atoms with van der Waals surface area (Å²) in [6, 6.07) is 21.1. The largest absolute Gasteiger partial charge is 0.350 e. The van der Waals surface area contributed by atoms with Crippen molar-refractivity contribution >= 4 is 23.4 Å². The van der Waals surface area contributed by atoms with Crippen LogP contribution >= 0.6 is 0 Å². The van der Waals surface area contributed by atoms with Gasteiger partial charge in [0.05, 0.1) is 6.54 Å². The summed E-state index contributed by atoms with van der Waals surface area (Å²) in [6.07, 6.45) is 0. The second-order valence-electron chi connectivity index (χ2n) is 6.97. The Kier molecular flexibility index (Phi) is 7.11. The van der Waals surface area contributed by atoms with E-state index in [2.05, 4.69) is 10.6 Å². The highest BCUT2D eigenvalue weighted by molar-refractivity contribution is 6.04. The van der Waals surface area contributed by atoms with Gasteiger partial charge in [-0.25, -0.2) is 4.39 Å². The summed E-state index contributed by atoms with van der Waals surface area (Å²) in [7, 11) is 1.57. The standard InChI is InChI=1S/C24H22FN3O3/c1-28(24(31)18-8-3-2-4-9-18)16-22(29)26-15-17-7-5-12-21(13-17)27-23(30)19-10-6-11-20(25)14-19/h2-14H,15-16H2,1H3,(H,26,29)(H,27,30). The highest BCUT2D eigenvalue weighted by Crippen LogP contribution is 2.13. The Morgan fingerprint density at radius 2 is 1.58 bits per heavy atom. The van der Waals surface area contributed by atoms with E-state index < -0.39 is 11.7 Å². The quantitative estimate of drug-likeness (QED) is 0.616. The lowest BCUT2D eigenvalue weighted by atomic mass is 10.1. The molecule has 0 spiro atoms. The fourth-order valence-corrected chi connectivity index (χ4v) is 2.94. The van der Waals surface area contributed by atoms with Crippen LogP contribution in [0.4, 0.5) is 10.1 Å². The number of carbonyl (C=O) groups excluding carboxylic acids is 3. The molecule has 3 aromatic carbocycles.